The maximum Gasteiger partial charge on any atom is 0.217 e. The van der Waals surface area contributed by atoms with Crippen LogP contribution in [0.25, 0.3) is 0 Å². The topological polar surface area (TPSA) is 49.3 Å². The first kappa shape index (κ1) is 9.21. The van der Waals surface area contributed by atoms with Crippen molar-refractivity contribution in [1.82, 2.24) is 5.32 Å². The van der Waals surface area contributed by atoms with E-state index in [4.69, 9.17) is 0 Å². The van der Waals surface area contributed by atoms with Crippen molar-refractivity contribution in [3.05, 3.63) is 35.4 Å². The molecule has 0 bridgehead atoms. The Kier molecular flexibility index (Phi) is 2.25. The van der Waals surface area contributed by atoms with Crippen molar-refractivity contribution in [1.29, 1.82) is 0 Å². The third-order valence-electron chi connectivity index (χ3n) is 2.57. The van der Waals surface area contributed by atoms with E-state index in [2.05, 4.69) is 5.32 Å². The van der Waals surface area contributed by atoms with Crippen LogP contribution in [-0.2, 0) is 4.79 Å². The van der Waals surface area contributed by atoms with E-state index in [1.54, 1.807) is 0 Å². The van der Waals surface area contributed by atoms with Gasteiger partial charge in [0.25, 0.3) is 0 Å². The maximum absolute atomic E-state index is 10.9. The number of fused-ring (bicyclic) bond motifs is 1. The lowest BCUT2D eigenvalue weighted by Crippen LogP contribution is -2.24. The summed E-state index contributed by atoms with van der Waals surface area (Å²) in [4.78, 5) is 10.9. The Morgan fingerprint density at radius 1 is 1.43 bits per heavy atom. The van der Waals surface area contributed by atoms with Gasteiger partial charge in [-0.15, -0.1) is 0 Å². The minimum absolute atomic E-state index is 0.0290. The van der Waals surface area contributed by atoms with E-state index in [1.807, 2.05) is 24.3 Å². The fraction of sp³-hybridized carbons (Fsp3) is 0.364. The average Bonchev–Trinajstić information content (AvgIpc) is 2.44. The lowest BCUT2D eigenvalue weighted by Gasteiger charge is -2.11. The Hall–Kier alpha value is -1.35. The van der Waals surface area contributed by atoms with E-state index in [-0.39, 0.29) is 11.9 Å². The summed E-state index contributed by atoms with van der Waals surface area (Å²) in [7, 11) is 0. The number of carbonyl (C=O) groups is 1. The van der Waals surface area contributed by atoms with Gasteiger partial charge in [-0.05, 0) is 11.1 Å². The van der Waals surface area contributed by atoms with E-state index in [1.165, 1.54) is 6.92 Å². The summed E-state index contributed by atoms with van der Waals surface area (Å²) in [6, 6.07) is 7.65. The van der Waals surface area contributed by atoms with Crippen LogP contribution in [0.2, 0.25) is 0 Å². The van der Waals surface area contributed by atoms with Gasteiger partial charge in [0.1, 0.15) is 0 Å². The van der Waals surface area contributed by atoms with E-state index in [0.29, 0.717) is 6.42 Å². The van der Waals surface area contributed by atoms with Gasteiger partial charge in [-0.1, -0.05) is 24.3 Å². The van der Waals surface area contributed by atoms with Gasteiger partial charge < -0.3 is 10.4 Å². The quantitative estimate of drug-likeness (QED) is 0.703. The van der Waals surface area contributed by atoms with Crippen LogP contribution in [-0.4, -0.2) is 11.0 Å². The van der Waals surface area contributed by atoms with Gasteiger partial charge in [-0.2, -0.15) is 0 Å². The summed E-state index contributed by atoms with van der Waals surface area (Å²) >= 11 is 0. The number of aliphatic hydroxyl groups is 1. The number of amides is 1. The highest BCUT2D eigenvalue weighted by Crippen LogP contribution is 2.38. The molecule has 0 unspecified atom stereocenters. The smallest absolute Gasteiger partial charge is 0.217 e. The van der Waals surface area contributed by atoms with Crippen LogP contribution in [0.3, 0.4) is 0 Å². The lowest BCUT2D eigenvalue weighted by molar-refractivity contribution is -0.119. The summed E-state index contributed by atoms with van der Waals surface area (Å²) in [5.74, 6) is -0.0566. The largest absolute Gasteiger partial charge is 0.388 e. The first-order valence-electron chi connectivity index (χ1n) is 4.72. The summed E-state index contributed by atoms with van der Waals surface area (Å²) in [6.45, 7) is 1.49. The van der Waals surface area contributed by atoms with Gasteiger partial charge in [0.05, 0.1) is 12.1 Å². The molecule has 74 valence electrons. The first-order valence-corrected chi connectivity index (χ1v) is 4.72. The van der Waals surface area contributed by atoms with Crippen molar-refractivity contribution in [2.75, 3.05) is 0 Å². The minimum Gasteiger partial charge on any atom is -0.388 e. The highest BCUT2D eigenvalue weighted by molar-refractivity contribution is 5.73. The second-order valence-corrected chi connectivity index (χ2v) is 3.63. The molecule has 0 saturated heterocycles. The minimum atomic E-state index is -0.442. The maximum atomic E-state index is 10.9. The molecular weight excluding hydrogens is 178 g/mol. The van der Waals surface area contributed by atoms with Gasteiger partial charge in [0.2, 0.25) is 5.91 Å². The number of benzene rings is 1. The molecule has 1 aliphatic carbocycles. The van der Waals surface area contributed by atoms with Crippen LogP contribution in [0.4, 0.5) is 0 Å². The molecule has 1 aromatic carbocycles. The molecule has 2 N–H and O–H groups in total. The molecule has 0 aromatic heterocycles. The fourth-order valence-electron chi connectivity index (χ4n) is 1.99. The number of rotatable bonds is 1. The van der Waals surface area contributed by atoms with E-state index < -0.39 is 6.10 Å². The van der Waals surface area contributed by atoms with Gasteiger partial charge in [0, 0.05) is 13.3 Å². The predicted octanol–water partition coefficient (Wildman–Crippen LogP) is 1.30. The molecule has 0 fully saturated rings. The first-order chi connectivity index (χ1) is 6.68. The molecule has 2 atom stereocenters. The zero-order valence-corrected chi connectivity index (χ0v) is 8.03. The zero-order valence-electron chi connectivity index (χ0n) is 8.03. The molecule has 14 heavy (non-hydrogen) atoms. The van der Waals surface area contributed by atoms with Crippen molar-refractivity contribution in [3.63, 3.8) is 0 Å². The van der Waals surface area contributed by atoms with Crippen LogP contribution < -0.4 is 5.32 Å². The monoisotopic (exact) mass is 191 g/mol. The number of carbonyl (C=O) groups excluding carboxylic acids is 1. The van der Waals surface area contributed by atoms with Crippen molar-refractivity contribution in [3.8, 4) is 0 Å². The Balaban J connectivity index is 2.29. The molecular formula is C11H13NO2. The molecule has 2 rings (SSSR count). The zero-order chi connectivity index (χ0) is 10.1. The summed E-state index contributed by atoms with van der Waals surface area (Å²) in [5, 5.41) is 12.5. The van der Waals surface area contributed by atoms with E-state index in [0.717, 1.165) is 11.1 Å². The third-order valence-corrected chi connectivity index (χ3v) is 2.57. The molecule has 0 heterocycles. The van der Waals surface area contributed by atoms with E-state index in [9.17, 15) is 9.90 Å². The van der Waals surface area contributed by atoms with Crippen molar-refractivity contribution >= 4 is 5.91 Å². The van der Waals surface area contributed by atoms with Crippen LogP contribution in [0.5, 0.6) is 0 Å². The Morgan fingerprint density at radius 2 is 2.07 bits per heavy atom. The van der Waals surface area contributed by atoms with Gasteiger partial charge in [-0.3, -0.25) is 4.79 Å². The molecule has 3 heteroatoms. The molecule has 0 saturated carbocycles. The van der Waals surface area contributed by atoms with Gasteiger partial charge in [-0.25, -0.2) is 0 Å². The Labute approximate surface area is 82.8 Å². The highest BCUT2D eigenvalue weighted by atomic mass is 16.3. The molecule has 0 aliphatic heterocycles. The van der Waals surface area contributed by atoms with E-state index >= 15 is 0 Å². The van der Waals surface area contributed by atoms with Crippen molar-refractivity contribution in [2.24, 2.45) is 0 Å². The number of aliphatic hydroxyl groups excluding tert-OH is 1. The highest BCUT2D eigenvalue weighted by Gasteiger charge is 2.29. The molecule has 1 aromatic rings. The molecule has 3 nitrogen and oxygen atoms in total. The SMILES string of the molecule is CC(=O)N[C@@H]1C[C@H](O)c2ccccc21. The van der Waals surface area contributed by atoms with Crippen LogP contribution >= 0.6 is 0 Å². The van der Waals surface area contributed by atoms with Crippen LogP contribution in [0, 0.1) is 0 Å². The summed E-state index contributed by atoms with van der Waals surface area (Å²) in [5.41, 5.74) is 1.97. The Morgan fingerprint density at radius 3 is 2.71 bits per heavy atom. The molecule has 1 aliphatic rings. The second-order valence-electron chi connectivity index (χ2n) is 3.63. The van der Waals surface area contributed by atoms with Crippen LogP contribution in [0.15, 0.2) is 24.3 Å². The average molecular weight is 191 g/mol. The normalized spacial score (nSPS) is 24.4. The van der Waals surface area contributed by atoms with Crippen LogP contribution in [0.1, 0.15) is 36.6 Å². The third kappa shape index (κ3) is 1.51. The van der Waals surface area contributed by atoms with Crippen molar-refractivity contribution in [2.45, 2.75) is 25.5 Å². The number of hydrogen-bond acceptors (Lipinski definition) is 2. The van der Waals surface area contributed by atoms with Gasteiger partial charge in [0.15, 0.2) is 0 Å². The molecule has 0 radical (unpaired) electrons. The summed E-state index contributed by atoms with van der Waals surface area (Å²) < 4.78 is 0. The summed E-state index contributed by atoms with van der Waals surface area (Å²) in [6.07, 6.45) is 0.141. The number of hydrogen-bond donors (Lipinski definition) is 2. The number of nitrogens with one attached hydrogen (secondary N) is 1. The molecule has 0 spiro atoms. The fourth-order valence-corrected chi connectivity index (χ4v) is 1.99. The standard InChI is InChI=1S/C11H13NO2/c1-7(13)12-10-6-11(14)9-5-3-2-4-8(9)10/h2-5,10-11,14H,6H2,1H3,(H,12,13)/t10-,11+/m1/s1. The van der Waals surface area contributed by atoms with Crippen molar-refractivity contribution < 1.29 is 9.90 Å². The Bertz CT molecular complexity index is 362. The molecule has 1 amide bonds. The van der Waals surface area contributed by atoms with Gasteiger partial charge >= 0.3 is 0 Å². The lowest BCUT2D eigenvalue weighted by atomic mass is 10.1. The second kappa shape index (κ2) is 3.42. The predicted molar refractivity (Wildman–Crippen MR) is 52.6 cm³/mol.